The van der Waals surface area contributed by atoms with E-state index in [1.807, 2.05) is 24.3 Å². The van der Waals surface area contributed by atoms with Crippen LogP contribution in [0.5, 0.6) is 0 Å². The summed E-state index contributed by atoms with van der Waals surface area (Å²) in [6, 6.07) is 13.1. The first kappa shape index (κ1) is 15.5. The molecule has 0 aromatic heterocycles. The number of hydrogen-bond donors (Lipinski definition) is 0. The smallest absolute Gasteiger partial charge is 0.269 e. The quantitative estimate of drug-likeness (QED) is 0.450. The minimum absolute atomic E-state index is 0.0183. The standard InChI is InChI=1S/C15H12ClNO3S/c16-14-4-2-1-3-12(14)9-21-10-15(18)11-5-7-13(8-6-11)17(19)20/h1-8H,9-10H2. The van der Waals surface area contributed by atoms with Gasteiger partial charge in [-0.15, -0.1) is 11.8 Å². The number of rotatable bonds is 6. The van der Waals surface area contributed by atoms with Gasteiger partial charge in [0.25, 0.3) is 5.69 Å². The Morgan fingerprint density at radius 3 is 2.43 bits per heavy atom. The van der Waals surface area contributed by atoms with Crippen LogP contribution in [-0.4, -0.2) is 16.5 Å². The minimum atomic E-state index is -0.486. The zero-order chi connectivity index (χ0) is 15.2. The molecule has 0 N–H and O–H groups in total. The Morgan fingerprint density at radius 2 is 1.81 bits per heavy atom. The summed E-state index contributed by atoms with van der Waals surface area (Å²) >= 11 is 7.51. The lowest BCUT2D eigenvalue weighted by molar-refractivity contribution is -0.384. The van der Waals surface area contributed by atoms with Crippen molar-refractivity contribution in [2.75, 3.05) is 5.75 Å². The number of thioether (sulfide) groups is 1. The van der Waals surface area contributed by atoms with Gasteiger partial charge in [0.1, 0.15) is 0 Å². The van der Waals surface area contributed by atoms with Gasteiger partial charge in [0.15, 0.2) is 5.78 Å². The summed E-state index contributed by atoms with van der Waals surface area (Å²) in [6.07, 6.45) is 0. The van der Waals surface area contributed by atoms with Gasteiger partial charge in [0.05, 0.1) is 10.7 Å². The molecule has 21 heavy (non-hydrogen) atoms. The second kappa shape index (κ2) is 7.24. The molecule has 0 radical (unpaired) electrons. The molecule has 108 valence electrons. The number of Topliss-reactive ketones (excluding diaryl/α,β-unsaturated/α-hetero) is 1. The first-order valence-corrected chi connectivity index (χ1v) is 7.70. The topological polar surface area (TPSA) is 60.2 Å². The Bertz CT molecular complexity index is 658. The molecule has 0 saturated heterocycles. The Balaban J connectivity index is 1.90. The largest absolute Gasteiger partial charge is 0.293 e. The maximum absolute atomic E-state index is 12.0. The number of halogens is 1. The van der Waals surface area contributed by atoms with Crippen LogP contribution in [-0.2, 0) is 5.75 Å². The van der Waals surface area contributed by atoms with Gasteiger partial charge in [0, 0.05) is 28.5 Å². The Hall–Kier alpha value is -1.85. The van der Waals surface area contributed by atoms with Gasteiger partial charge in [0.2, 0.25) is 0 Å². The first-order chi connectivity index (χ1) is 10.1. The summed E-state index contributed by atoms with van der Waals surface area (Å²) in [6.45, 7) is 0. The maximum Gasteiger partial charge on any atom is 0.269 e. The van der Waals surface area contributed by atoms with Crippen LogP contribution in [0.2, 0.25) is 5.02 Å². The summed E-state index contributed by atoms with van der Waals surface area (Å²) in [7, 11) is 0. The van der Waals surface area contributed by atoms with Gasteiger partial charge in [-0.1, -0.05) is 29.8 Å². The fourth-order valence-corrected chi connectivity index (χ4v) is 2.93. The van der Waals surface area contributed by atoms with E-state index in [0.717, 1.165) is 5.56 Å². The molecule has 0 aliphatic carbocycles. The molecule has 6 heteroatoms. The van der Waals surface area contributed by atoms with E-state index in [2.05, 4.69) is 0 Å². The van der Waals surface area contributed by atoms with E-state index in [-0.39, 0.29) is 11.5 Å². The first-order valence-electron chi connectivity index (χ1n) is 6.17. The monoisotopic (exact) mass is 321 g/mol. The molecule has 0 amide bonds. The van der Waals surface area contributed by atoms with Gasteiger partial charge in [-0.2, -0.15) is 0 Å². The van der Waals surface area contributed by atoms with Crippen molar-refractivity contribution in [3.8, 4) is 0 Å². The molecule has 2 rings (SSSR count). The number of nitro benzene ring substituents is 1. The normalized spacial score (nSPS) is 10.3. The molecule has 2 aromatic rings. The average molecular weight is 322 g/mol. The van der Waals surface area contributed by atoms with E-state index in [4.69, 9.17) is 11.6 Å². The second-order valence-electron chi connectivity index (χ2n) is 4.31. The number of hydrogen-bond acceptors (Lipinski definition) is 4. The molecule has 0 unspecified atom stereocenters. The highest BCUT2D eigenvalue weighted by atomic mass is 35.5. The predicted octanol–water partition coefficient (Wildman–Crippen LogP) is 4.36. The zero-order valence-electron chi connectivity index (χ0n) is 11.0. The molecular weight excluding hydrogens is 310 g/mol. The van der Waals surface area contributed by atoms with Gasteiger partial charge in [-0.25, -0.2) is 0 Å². The number of benzene rings is 2. The number of non-ortho nitro benzene ring substituents is 1. The molecule has 0 aliphatic heterocycles. The minimum Gasteiger partial charge on any atom is -0.293 e. The van der Waals surface area contributed by atoms with Crippen LogP contribution >= 0.6 is 23.4 Å². The van der Waals surface area contributed by atoms with Gasteiger partial charge < -0.3 is 0 Å². The second-order valence-corrected chi connectivity index (χ2v) is 5.70. The van der Waals surface area contributed by atoms with E-state index >= 15 is 0 Å². The van der Waals surface area contributed by atoms with Crippen LogP contribution in [0, 0.1) is 10.1 Å². The molecule has 0 heterocycles. The van der Waals surface area contributed by atoms with E-state index in [1.54, 1.807) is 0 Å². The summed E-state index contributed by atoms with van der Waals surface area (Å²) < 4.78 is 0. The molecule has 0 spiro atoms. The maximum atomic E-state index is 12.0. The number of carbonyl (C=O) groups excluding carboxylic acids is 1. The summed E-state index contributed by atoms with van der Waals surface area (Å²) in [5.74, 6) is 0.906. The number of nitro groups is 1. The zero-order valence-corrected chi connectivity index (χ0v) is 12.6. The summed E-state index contributed by atoms with van der Waals surface area (Å²) in [4.78, 5) is 22.0. The molecule has 0 fully saturated rings. The van der Waals surface area contributed by atoms with E-state index in [9.17, 15) is 14.9 Å². The third kappa shape index (κ3) is 4.31. The van der Waals surface area contributed by atoms with Crippen molar-refractivity contribution in [2.45, 2.75) is 5.75 Å². The molecule has 0 atom stereocenters. The van der Waals surface area contributed by atoms with Crippen LogP contribution in [0.4, 0.5) is 5.69 Å². The van der Waals surface area contributed by atoms with Gasteiger partial charge >= 0.3 is 0 Å². The van der Waals surface area contributed by atoms with E-state index < -0.39 is 4.92 Å². The SMILES string of the molecule is O=C(CSCc1ccccc1Cl)c1ccc([N+](=O)[O-])cc1. The van der Waals surface area contributed by atoms with Crippen molar-refractivity contribution in [1.82, 2.24) is 0 Å². The molecular formula is C15H12ClNO3S. The highest BCUT2D eigenvalue weighted by Crippen LogP contribution is 2.21. The van der Waals surface area contributed by atoms with Crippen molar-refractivity contribution in [1.29, 1.82) is 0 Å². The number of carbonyl (C=O) groups is 1. The van der Waals surface area contributed by atoms with Crippen molar-refractivity contribution in [3.05, 3.63) is 74.8 Å². The summed E-state index contributed by atoms with van der Waals surface area (Å²) in [5, 5.41) is 11.2. The van der Waals surface area contributed by atoms with Crippen LogP contribution in [0.15, 0.2) is 48.5 Å². The fraction of sp³-hybridized carbons (Fsp3) is 0.133. The van der Waals surface area contributed by atoms with Gasteiger partial charge in [-0.3, -0.25) is 14.9 Å². The fourth-order valence-electron chi connectivity index (χ4n) is 1.72. The van der Waals surface area contributed by atoms with Gasteiger partial charge in [-0.05, 0) is 23.8 Å². The number of ketones is 1. The van der Waals surface area contributed by atoms with Crippen LogP contribution in [0.1, 0.15) is 15.9 Å². The third-order valence-electron chi connectivity index (χ3n) is 2.85. The van der Waals surface area contributed by atoms with Crippen molar-refractivity contribution < 1.29 is 9.72 Å². The van der Waals surface area contributed by atoms with Crippen molar-refractivity contribution >= 4 is 34.8 Å². The molecule has 0 saturated carbocycles. The lowest BCUT2D eigenvalue weighted by Crippen LogP contribution is -2.03. The van der Waals surface area contributed by atoms with Crippen molar-refractivity contribution in [3.63, 3.8) is 0 Å². The summed E-state index contributed by atoms with van der Waals surface area (Å²) in [5.41, 5.74) is 1.45. The average Bonchev–Trinajstić information content (AvgIpc) is 2.49. The van der Waals surface area contributed by atoms with Crippen LogP contribution in [0.25, 0.3) is 0 Å². The Labute approximate surface area is 131 Å². The Morgan fingerprint density at radius 1 is 1.14 bits per heavy atom. The Kier molecular flexibility index (Phi) is 5.36. The molecule has 0 bridgehead atoms. The number of nitrogens with zero attached hydrogens (tertiary/aromatic N) is 1. The van der Waals surface area contributed by atoms with Crippen LogP contribution in [0.3, 0.4) is 0 Å². The molecule has 0 aliphatic rings. The lowest BCUT2D eigenvalue weighted by Gasteiger charge is -2.04. The third-order valence-corrected chi connectivity index (χ3v) is 4.20. The van der Waals surface area contributed by atoms with E-state index in [1.165, 1.54) is 36.0 Å². The molecule has 2 aromatic carbocycles. The predicted molar refractivity (Wildman–Crippen MR) is 85.0 cm³/mol. The highest BCUT2D eigenvalue weighted by molar-refractivity contribution is 7.99. The highest BCUT2D eigenvalue weighted by Gasteiger charge is 2.10. The van der Waals surface area contributed by atoms with Crippen LogP contribution < -0.4 is 0 Å². The molecule has 4 nitrogen and oxygen atoms in total. The lowest BCUT2D eigenvalue weighted by atomic mass is 10.1. The van der Waals surface area contributed by atoms with E-state index in [0.29, 0.717) is 22.1 Å². The van der Waals surface area contributed by atoms with Crippen molar-refractivity contribution in [2.24, 2.45) is 0 Å².